The van der Waals surface area contributed by atoms with Crippen molar-refractivity contribution in [3.05, 3.63) is 62.5 Å². The van der Waals surface area contributed by atoms with Crippen LogP contribution in [0.3, 0.4) is 0 Å². The monoisotopic (exact) mass is 476 g/mol. The molecule has 24 heavy (non-hydrogen) atoms. The minimum absolute atomic E-state index is 0.288. The van der Waals surface area contributed by atoms with Gasteiger partial charge < -0.3 is 4.55 Å². The molecule has 1 unspecified atom stereocenters. The molecule has 2 atom stereocenters. The molecular weight excluding hydrogens is 459 g/mol. The van der Waals surface area contributed by atoms with Crippen molar-refractivity contribution in [1.82, 2.24) is 9.71 Å². The maximum atomic E-state index is 13.5. The van der Waals surface area contributed by atoms with Crippen LogP contribution in [0.25, 0.3) is 0 Å². The second-order valence-corrected chi connectivity index (χ2v) is 10.1. The summed E-state index contributed by atoms with van der Waals surface area (Å²) in [5.74, 6) is -0.288. The second-order valence-electron chi connectivity index (χ2n) is 6.39. The lowest BCUT2D eigenvalue weighted by Crippen LogP contribution is -2.42. The average Bonchev–Trinajstić information content (AvgIpc) is 2.48. The highest BCUT2D eigenvalue weighted by atomic mass is 79.9. The van der Waals surface area contributed by atoms with Gasteiger partial charge in [-0.05, 0) is 88.9 Å². The Morgan fingerprint density at radius 2 is 1.96 bits per heavy atom. The Balaban J connectivity index is 2.35. The van der Waals surface area contributed by atoms with Crippen LogP contribution in [0.5, 0.6) is 0 Å². The molecule has 0 aliphatic rings. The molecule has 1 heterocycles. The molecule has 2 aromatic rings. The van der Waals surface area contributed by atoms with Crippen LogP contribution >= 0.6 is 31.9 Å². The summed E-state index contributed by atoms with van der Waals surface area (Å²) in [6.45, 7) is 5.70. The van der Waals surface area contributed by atoms with Crippen LogP contribution in [0.2, 0.25) is 0 Å². The number of benzene rings is 1. The Morgan fingerprint density at radius 3 is 2.58 bits per heavy atom. The highest BCUT2D eigenvalue weighted by molar-refractivity contribution is 9.11. The van der Waals surface area contributed by atoms with E-state index >= 15 is 0 Å². The number of nitrogens with zero attached hydrogens (tertiary/aromatic N) is 1. The van der Waals surface area contributed by atoms with E-state index in [-0.39, 0.29) is 11.9 Å². The van der Waals surface area contributed by atoms with Crippen LogP contribution < -0.4 is 4.72 Å². The summed E-state index contributed by atoms with van der Waals surface area (Å²) in [7, 11) is 0. The molecule has 0 aliphatic carbocycles. The molecule has 0 spiro atoms. The number of rotatable bonds is 5. The van der Waals surface area contributed by atoms with E-state index in [2.05, 4.69) is 41.6 Å². The predicted octanol–water partition coefficient (Wildman–Crippen LogP) is 5.08. The van der Waals surface area contributed by atoms with Crippen LogP contribution in [-0.4, -0.2) is 14.3 Å². The standard InChI is InChI=1S/C17H19Br2FN2OS/c1-17(2,3)24(23)22-14(10-11-5-4-6-12(20)9-11)16-13(18)7-8-15(19)21-16/h4-9,14,22H,10H2,1-3H3/t14-,24?/m0/s1. The Bertz CT molecular complexity index is 709. The minimum Gasteiger partial charge on any atom is -0.598 e. The maximum absolute atomic E-state index is 13.5. The smallest absolute Gasteiger partial charge is 0.136 e. The largest absolute Gasteiger partial charge is 0.598 e. The van der Waals surface area contributed by atoms with Crippen molar-refractivity contribution in [2.75, 3.05) is 0 Å². The molecule has 0 saturated heterocycles. The molecule has 3 nitrogen and oxygen atoms in total. The maximum Gasteiger partial charge on any atom is 0.136 e. The third-order valence-electron chi connectivity index (χ3n) is 3.30. The lowest BCUT2D eigenvalue weighted by molar-refractivity contribution is 0.517. The van der Waals surface area contributed by atoms with Gasteiger partial charge in [0, 0.05) is 15.8 Å². The van der Waals surface area contributed by atoms with Gasteiger partial charge in [0.1, 0.15) is 15.2 Å². The van der Waals surface area contributed by atoms with Gasteiger partial charge in [0.2, 0.25) is 0 Å². The highest BCUT2D eigenvalue weighted by Gasteiger charge is 2.31. The fraction of sp³-hybridized carbons (Fsp3) is 0.353. The normalized spacial score (nSPS) is 14.5. The van der Waals surface area contributed by atoms with Crippen molar-refractivity contribution in [2.45, 2.75) is 38.0 Å². The van der Waals surface area contributed by atoms with Gasteiger partial charge in [-0.25, -0.2) is 9.37 Å². The van der Waals surface area contributed by atoms with Gasteiger partial charge in [-0.2, -0.15) is 0 Å². The number of aromatic nitrogens is 1. The first-order chi connectivity index (χ1) is 11.2. The lowest BCUT2D eigenvalue weighted by Gasteiger charge is -2.28. The number of hydrogen-bond donors (Lipinski definition) is 1. The van der Waals surface area contributed by atoms with Crippen molar-refractivity contribution in [3.63, 3.8) is 0 Å². The predicted molar refractivity (Wildman–Crippen MR) is 104 cm³/mol. The third-order valence-corrected chi connectivity index (χ3v) is 6.03. The van der Waals surface area contributed by atoms with E-state index in [1.807, 2.05) is 39.0 Å². The molecule has 2 rings (SSSR count). The molecule has 7 heteroatoms. The molecule has 0 radical (unpaired) electrons. The average molecular weight is 478 g/mol. The highest BCUT2D eigenvalue weighted by Crippen LogP contribution is 2.28. The van der Waals surface area contributed by atoms with Crippen LogP contribution in [0.1, 0.15) is 38.1 Å². The molecule has 1 aromatic carbocycles. The summed E-state index contributed by atoms with van der Waals surface area (Å²) in [6, 6.07) is 9.81. The van der Waals surface area contributed by atoms with Gasteiger partial charge in [0.15, 0.2) is 0 Å². The first-order valence-corrected chi connectivity index (χ1v) is 10.1. The first-order valence-electron chi connectivity index (χ1n) is 7.41. The Kier molecular flexibility index (Phi) is 6.84. The van der Waals surface area contributed by atoms with Crippen molar-refractivity contribution in [1.29, 1.82) is 0 Å². The number of pyridine rings is 1. The minimum atomic E-state index is -1.28. The van der Waals surface area contributed by atoms with E-state index in [0.717, 1.165) is 15.7 Å². The summed E-state index contributed by atoms with van der Waals surface area (Å²) >= 11 is 5.59. The van der Waals surface area contributed by atoms with Crippen molar-refractivity contribution in [2.24, 2.45) is 0 Å². The molecule has 0 amide bonds. The molecule has 130 valence electrons. The van der Waals surface area contributed by atoms with Crippen molar-refractivity contribution in [3.8, 4) is 0 Å². The molecule has 0 aliphatic heterocycles. The Morgan fingerprint density at radius 1 is 1.25 bits per heavy atom. The van der Waals surface area contributed by atoms with E-state index < -0.39 is 16.1 Å². The van der Waals surface area contributed by atoms with Crippen molar-refractivity contribution >= 4 is 43.2 Å². The van der Waals surface area contributed by atoms with E-state index in [9.17, 15) is 8.94 Å². The summed E-state index contributed by atoms with van der Waals surface area (Å²) in [4.78, 5) is 4.51. The van der Waals surface area contributed by atoms with E-state index in [1.54, 1.807) is 6.07 Å². The van der Waals surface area contributed by atoms with Gasteiger partial charge in [-0.1, -0.05) is 12.1 Å². The summed E-state index contributed by atoms with van der Waals surface area (Å²) in [5.41, 5.74) is 1.54. The molecule has 1 aromatic heterocycles. The number of halogens is 3. The van der Waals surface area contributed by atoms with E-state index in [1.165, 1.54) is 12.1 Å². The topological polar surface area (TPSA) is 48.0 Å². The van der Waals surface area contributed by atoms with Gasteiger partial charge in [-0.15, -0.1) is 4.72 Å². The van der Waals surface area contributed by atoms with E-state index in [4.69, 9.17) is 0 Å². The van der Waals surface area contributed by atoms with Gasteiger partial charge >= 0.3 is 0 Å². The Labute approximate surface area is 162 Å². The third kappa shape index (κ3) is 5.52. The summed E-state index contributed by atoms with van der Waals surface area (Å²) in [6.07, 6.45) is 0.474. The molecule has 0 saturated carbocycles. The number of hydrogen-bond acceptors (Lipinski definition) is 3. The SMILES string of the molecule is CC(C)(C)[S+]([O-])N[C@@H](Cc1cccc(F)c1)c1nc(Br)ccc1Br. The molecule has 0 bridgehead atoms. The number of nitrogens with one attached hydrogen (secondary N) is 1. The summed E-state index contributed by atoms with van der Waals surface area (Å²) in [5, 5.41) is 0. The quantitative estimate of drug-likeness (QED) is 0.482. The van der Waals surface area contributed by atoms with E-state index in [0.29, 0.717) is 11.0 Å². The Hall–Kier alpha value is -0.470. The van der Waals surface area contributed by atoms with Crippen LogP contribution in [0.4, 0.5) is 4.39 Å². The zero-order chi connectivity index (χ0) is 17.9. The van der Waals surface area contributed by atoms with Gasteiger partial charge in [-0.3, -0.25) is 0 Å². The molecular formula is C17H19Br2FN2OS. The van der Waals surface area contributed by atoms with Crippen LogP contribution in [0, 0.1) is 5.82 Å². The summed E-state index contributed by atoms with van der Waals surface area (Å²) < 4.78 is 30.3. The fourth-order valence-corrected chi connectivity index (χ4v) is 3.70. The zero-order valence-corrected chi connectivity index (χ0v) is 17.6. The lowest BCUT2D eigenvalue weighted by atomic mass is 10.0. The van der Waals surface area contributed by atoms with Crippen LogP contribution in [-0.2, 0) is 17.8 Å². The first kappa shape index (κ1) is 19.8. The van der Waals surface area contributed by atoms with Gasteiger partial charge in [0.25, 0.3) is 0 Å². The van der Waals surface area contributed by atoms with Crippen LogP contribution in [0.15, 0.2) is 45.5 Å². The molecule has 1 N–H and O–H groups in total. The van der Waals surface area contributed by atoms with Crippen molar-refractivity contribution < 1.29 is 8.94 Å². The van der Waals surface area contributed by atoms with Gasteiger partial charge in [0.05, 0.1) is 11.7 Å². The second kappa shape index (κ2) is 8.27. The fourth-order valence-electron chi connectivity index (χ4n) is 2.08. The zero-order valence-electron chi connectivity index (χ0n) is 13.6. The molecule has 0 fully saturated rings.